The van der Waals surface area contributed by atoms with Gasteiger partial charge < -0.3 is 9.64 Å². The molecule has 102 valence electrons. The van der Waals surface area contributed by atoms with E-state index in [4.69, 9.17) is 16.3 Å². The summed E-state index contributed by atoms with van der Waals surface area (Å²) in [4.78, 5) is 6.56. The van der Waals surface area contributed by atoms with E-state index in [9.17, 15) is 0 Å². The third kappa shape index (κ3) is 2.22. The van der Waals surface area contributed by atoms with Gasteiger partial charge in [-0.15, -0.1) is 0 Å². The minimum Gasteiger partial charge on any atom is -0.377 e. The Balaban J connectivity index is 2.18. The van der Waals surface area contributed by atoms with E-state index >= 15 is 0 Å². The first kappa shape index (κ1) is 13.1. The van der Waals surface area contributed by atoms with Crippen LogP contribution < -0.4 is 4.90 Å². The number of fused-ring (bicyclic) bond motifs is 1. The first-order chi connectivity index (χ1) is 8.99. The molecular formula is C12H14BrClN4O. The number of hydrogen-bond acceptors (Lipinski definition) is 4. The molecule has 0 amide bonds. The molecule has 0 radical (unpaired) electrons. The molecule has 0 atom stereocenters. The van der Waals surface area contributed by atoms with Gasteiger partial charge in [0, 0.05) is 12.6 Å². The Bertz CT molecular complexity index is 627. The van der Waals surface area contributed by atoms with E-state index in [1.165, 1.54) is 0 Å². The first-order valence-electron chi connectivity index (χ1n) is 6.04. The quantitative estimate of drug-likeness (QED) is 0.745. The molecule has 3 rings (SSSR count). The van der Waals surface area contributed by atoms with Gasteiger partial charge in [-0.1, -0.05) is 11.6 Å². The maximum absolute atomic E-state index is 6.13. The Kier molecular flexibility index (Phi) is 3.19. The summed E-state index contributed by atoms with van der Waals surface area (Å²) in [5.74, 6) is 0.939. The van der Waals surface area contributed by atoms with Gasteiger partial charge in [0.2, 0.25) is 0 Å². The average molecular weight is 346 g/mol. The Hall–Kier alpha value is -0.850. The fourth-order valence-corrected chi connectivity index (χ4v) is 2.89. The number of halogens is 2. The lowest BCUT2D eigenvalue weighted by Gasteiger charge is -2.43. The molecular weight excluding hydrogens is 332 g/mol. The van der Waals surface area contributed by atoms with Gasteiger partial charge in [0.05, 0.1) is 29.4 Å². The molecule has 5 nitrogen and oxygen atoms in total. The lowest BCUT2D eigenvalue weighted by Crippen LogP contribution is -2.53. The highest BCUT2D eigenvalue weighted by molar-refractivity contribution is 9.10. The second-order valence-electron chi connectivity index (χ2n) is 5.18. The molecule has 1 aliphatic rings. The van der Waals surface area contributed by atoms with Crippen molar-refractivity contribution >= 4 is 39.0 Å². The average Bonchev–Trinajstić information content (AvgIpc) is 2.70. The maximum atomic E-state index is 6.13. The summed E-state index contributed by atoms with van der Waals surface area (Å²) in [6.45, 7) is 6.47. The van der Waals surface area contributed by atoms with Crippen molar-refractivity contribution in [3.05, 3.63) is 21.9 Å². The number of nitrogens with zero attached hydrogens (tertiary/aromatic N) is 4. The van der Waals surface area contributed by atoms with Gasteiger partial charge in [-0.3, -0.25) is 0 Å². The summed E-state index contributed by atoms with van der Waals surface area (Å²) in [6.07, 6.45) is 1.73. The van der Waals surface area contributed by atoms with E-state index < -0.39 is 0 Å². The SMILES string of the molecule is CC1(C)COCCN1c1cc(Cl)nc2c(Br)cnn12. The minimum absolute atomic E-state index is 0.103. The van der Waals surface area contributed by atoms with E-state index in [2.05, 4.69) is 44.8 Å². The summed E-state index contributed by atoms with van der Waals surface area (Å²) in [5.41, 5.74) is 0.624. The molecule has 0 spiro atoms. The number of ether oxygens (including phenoxy) is 1. The van der Waals surface area contributed by atoms with E-state index in [0.717, 1.165) is 22.5 Å². The van der Waals surface area contributed by atoms with Crippen LogP contribution in [0.3, 0.4) is 0 Å². The van der Waals surface area contributed by atoms with Crippen molar-refractivity contribution in [3.8, 4) is 0 Å². The van der Waals surface area contributed by atoms with Gasteiger partial charge in [0.1, 0.15) is 11.0 Å². The van der Waals surface area contributed by atoms with Crippen molar-refractivity contribution in [1.82, 2.24) is 14.6 Å². The van der Waals surface area contributed by atoms with Gasteiger partial charge >= 0.3 is 0 Å². The van der Waals surface area contributed by atoms with Crippen LogP contribution in [0.1, 0.15) is 13.8 Å². The Morgan fingerprint density at radius 1 is 1.47 bits per heavy atom. The second kappa shape index (κ2) is 4.61. The van der Waals surface area contributed by atoms with Crippen LogP contribution in [0, 0.1) is 0 Å². The third-order valence-corrected chi connectivity index (χ3v) is 4.05. The molecule has 0 bridgehead atoms. The van der Waals surface area contributed by atoms with Gasteiger partial charge in [0.15, 0.2) is 5.65 Å². The van der Waals surface area contributed by atoms with Crippen LogP contribution in [0.5, 0.6) is 0 Å². The van der Waals surface area contributed by atoms with Crippen molar-refractivity contribution in [2.24, 2.45) is 0 Å². The van der Waals surface area contributed by atoms with Crippen molar-refractivity contribution in [2.75, 3.05) is 24.7 Å². The fourth-order valence-electron chi connectivity index (χ4n) is 2.37. The summed E-state index contributed by atoms with van der Waals surface area (Å²) < 4.78 is 8.20. The Morgan fingerprint density at radius 2 is 2.26 bits per heavy atom. The van der Waals surface area contributed by atoms with Crippen molar-refractivity contribution in [2.45, 2.75) is 19.4 Å². The number of morpholine rings is 1. The predicted octanol–water partition coefficient (Wildman–Crippen LogP) is 2.76. The topological polar surface area (TPSA) is 42.7 Å². The van der Waals surface area contributed by atoms with Crippen molar-refractivity contribution in [1.29, 1.82) is 0 Å². The number of hydrogen-bond donors (Lipinski definition) is 0. The summed E-state index contributed by atoms with van der Waals surface area (Å²) >= 11 is 9.57. The van der Waals surface area contributed by atoms with Crippen LogP contribution in [-0.4, -0.2) is 39.9 Å². The smallest absolute Gasteiger partial charge is 0.173 e. The van der Waals surface area contributed by atoms with E-state index in [-0.39, 0.29) is 5.54 Å². The highest BCUT2D eigenvalue weighted by Crippen LogP contribution is 2.30. The largest absolute Gasteiger partial charge is 0.377 e. The molecule has 0 aromatic carbocycles. The van der Waals surface area contributed by atoms with E-state index in [1.54, 1.807) is 6.20 Å². The molecule has 0 saturated carbocycles. The molecule has 1 aliphatic heterocycles. The zero-order valence-electron chi connectivity index (χ0n) is 10.7. The molecule has 19 heavy (non-hydrogen) atoms. The number of anilines is 1. The molecule has 2 aromatic heterocycles. The molecule has 0 aliphatic carbocycles. The van der Waals surface area contributed by atoms with Crippen LogP contribution in [0.25, 0.3) is 5.65 Å². The molecule has 0 unspecified atom stereocenters. The molecule has 1 saturated heterocycles. The van der Waals surface area contributed by atoms with Crippen LogP contribution >= 0.6 is 27.5 Å². The lowest BCUT2D eigenvalue weighted by atomic mass is 10.0. The molecule has 7 heteroatoms. The molecule has 2 aromatic rings. The Labute approximate surface area is 124 Å². The Morgan fingerprint density at radius 3 is 3.00 bits per heavy atom. The van der Waals surface area contributed by atoms with Crippen LogP contribution in [0.2, 0.25) is 5.15 Å². The monoisotopic (exact) mass is 344 g/mol. The van der Waals surface area contributed by atoms with Crippen LogP contribution in [0.15, 0.2) is 16.7 Å². The highest BCUT2D eigenvalue weighted by Gasteiger charge is 2.32. The van der Waals surface area contributed by atoms with Crippen molar-refractivity contribution < 1.29 is 4.74 Å². The summed E-state index contributed by atoms with van der Waals surface area (Å²) in [7, 11) is 0. The number of rotatable bonds is 1. The zero-order chi connectivity index (χ0) is 13.6. The zero-order valence-corrected chi connectivity index (χ0v) is 13.1. The van der Waals surface area contributed by atoms with Gasteiger partial charge in [-0.25, -0.2) is 4.98 Å². The second-order valence-corrected chi connectivity index (χ2v) is 6.42. The van der Waals surface area contributed by atoms with E-state index in [0.29, 0.717) is 18.4 Å². The highest BCUT2D eigenvalue weighted by atomic mass is 79.9. The first-order valence-corrected chi connectivity index (χ1v) is 7.21. The van der Waals surface area contributed by atoms with Crippen molar-refractivity contribution in [3.63, 3.8) is 0 Å². The van der Waals surface area contributed by atoms with Gasteiger partial charge in [-0.05, 0) is 29.8 Å². The van der Waals surface area contributed by atoms with Crippen LogP contribution in [0.4, 0.5) is 5.82 Å². The van der Waals surface area contributed by atoms with Gasteiger partial charge in [0.25, 0.3) is 0 Å². The summed E-state index contributed by atoms with van der Waals surface area (Å²) in [6, 6.07) is 1.85. The number of aromatic nitrogens is 3. The molecule has 0 N–H and O–H groups in total. The fraction of sp³-hybridized carbons (Fsp3) is 0.500. The van der Waals surface area contributed by atoms with Crippen LogP contribution in [-0.2, 0) is 4.74 Å². The minimum atomic E-state index is -0.103. The van der Waals surface area contributed by atoms with E-state index in [1.807, 2.05) is 10.6 Å². The summed E-state index contributed by atoms with van der Waals surface area (Å²) in [5, 5.41) is 4.83. The third-order valence-electron chi connectivity index (χ3n) is 3.30. The standard InChI is InChI=1S/C12H14BrClN4O/c1-12(2)7-19-4-3-17(12)10-5-9(14)16-11-8(13)6-15-18(10)11/h5-6H,3-4,7H2,1-2H3. The van der Waals surface area contributed by atoms with Gasteiger partial charge in [-0.2, -0.15) is 9.61 Å². The molecule has 1 fully saturated rings. The lowest BCUT2D eigenvalue weighted by molar-refractivity contribution is 0.0636. The predicted molar refractivity (Wildman–Crippen MR) is 77.9 cm³/mol. The maximum Gasteiger partial charge on any atom is 0.173 e. The normalized spacial score (nSPS) is 19.1. The molecule has 3 heterocycles.